The van der Waals surface area contributed by atoms with Crippen LogP contribution in [0.3, 0.4) is 0 Å². The highest BCUT2D eigenvalue weighted by Crippen LogP contribution is 2.21. The van der Waals surface area contributed by atoms with Gasteiger partial charge in [0.2, 0.25) is 0 Å². The van der Waals surface area contributed by atoms with E-state index < -0.39 is 6.10 Å². The van der Waals surface area contributed by atoms with Gasteiger partial charge in [-0.2, -0.15) is 0 Å². The van der Waals surface area contributed by atoms with E-state index in [9.17, 15) is 9.90 Å². The van der Waals surface area contributed by atoms with Crippen molar-refractivity contribution in [1.29, 1.82) is 0 Å². The van der Waals surface area contributed by atoms with Crippen molar-refractivity contribution < 1.29 is 14.6 Å². The Morgan fingerprint density at radius 3 is 1.60 bits per heavy atom. The number of aliphatic hydroxyl groups is 1. The van der Waals surface area contributed by atoms with E-state index in [1.165, 1.54) is 96.3 Å². The molecule has 2 aromatic rings. The molecule has 0 aliphatic heterocycles. The Hall–Kier alpha value is -2.13. The monoisotopic (exact) mass is 480 g/mol. The number of ketones is 1. The molecule has 194 valence electrons. The van der Waals surface area contributed by atoms with Gasteiger partial charge in [-0.25, -0.2) is 0 Å². The first-order valence-corrected chi connectivity index (χ1v) is 14.2. The van der Waals surface area contributed by atoms with Crippen LogP contribution in [0.25, 0.3) is 0 Å². The Kier molecular flexibility index (Phi) is 15.9. The molecule has 0 radical (unpaired) electrons. The Balaban J connectivity index is 1.42. The molecule has 0 amide bonds. The smallest absolute Gasteiger partial charge is 0.195 e. The summed E-state index contributed by atoms with van der Waals surface area (Å²) in [7, 11) is 0. The van der Waals surface area contributed by atoms with Gasteiger partial charge in [-0.1, -0.05) is 134 Å². The molecule has 0 saturated heterocycles. The topological polar surface area (TPSA) is 46.5 Å². The van der Waals surface area contributed by atoms with E-state index in [1.54, 1.807) is 24.3 Å². The number of hydrogen-bond donors (Lipinski definition) is 1. The van der Waals surface area contributed by atoms with Gasteiger partial charge >= 0.3 is 0 Å². The van der Waals surface area contributed by atoms with Crippen LogP contribution in [0.2, 0.25) is 0 Å². The fourth-order valence-corrected chi connectivity index (χ4v) is 4.50. The van der Waals surface area contributed by atoms with Crippen molar-refractivity contribution in [1.82, 2.24) is 0 Å². The molecule has 0 aliphatic carbocycles. The maximum atomic E-state index is 12.5. The van der Waals surface area contributed by atoms with Crippen molar-refractivity contribution in [3.05, 3.63) is 65.7 Å². The number of carbonyl (C=O) groups excluding carboxylic acids is 1. The average Bonchev–Trinajstić information content (AvgIpc) is 2.90. The van der Waals surface area contributed by atoms with Gasteiger partial charge in [0.15, 0.2) is 5.78 Å². The molecule has 1 atom stereocenters. The Bertz CT molecular complexity index is 769. The molecule has 0 spiro atoms. The lowest BCUT2D eigenvalue weighted by atomic mass is 10.00. The van der Waals surface area contributed by atoms with E-state index in [4.69, 9.17) is 4.74 Å². The van der Waals surface area contributed by atoms with Crippen LogP contribution in [0.4, 0.5) is 0 Å². The Morgan fingerprint density at radius 1 is 0.657 bits per heavy atom. The molecule has 35 heavy (non-hydrogen) atoms. The Morgan fingerprint density at radius 2 is 1.11 bits per heavy atom. The summed E-state index contributed by atoms with van der Waals surface area (Å²) in [6, 6.07) is 16.1. The third-order valence-electron chi connectivity index (χ3n) is 6.77. The molecule has 1 unspecified atom stereocenters. The number of benzene rings is 2. The number of hydrogen-bond acceptors (Lipinski definition) is 3. The van der Waals surface area contributed by atoms with Crippen molar-refractivity contribution in [3.63, 3.8) is 0 Å². The van der Waals surface area contributed by atoms with Gasteiger partial charge in [-0.3, -0.25) is 4.79 Å². The van der Waals surface area contributed by atoms with Crippen LogP contribution in [0.1, 0.15) is 132 Å². The number of rotatable bonds is 21. The molecule has 2 aromatic carbocycles. The van der Waals surface area contributed by atoms with E-state index in [1.807, 2.05) is 30.3 Å². The first-order valence-electron chi connectivity index (χ1n) is 14.2. The van der Waals surface area contributed by atoms with Crippen LogP contribution in [-0.2, 0) is 0 Å². The van der Waals surface area contributed by atoms with E-state index in [2.05, 4.69) is 6.92 Å². The van der Waals surface area contributed by atoms with Gasteiger partial charge in [0.1, 0.15) is 11.9 Å². The average molecular weight is 481 g/mol. The molecule has 0 heterocycles. The predicted molar refractivity (Wildman–Crippen MR) is 147 cm³/mol. The van der Waals surface area contributed by atoms with Crippen LogP contribution in [0.5, 0.6) is 5.75 Å². The highest BCUT2D eigenvalue weighted by atomic mass is 16.5. The fourth-order valence-electron chi connectivity index (χ4n) is 4.50. The number of unbranched alkanes of at least 4 members (excludes halogenated alkanes) is 15. The molecule has 3 nitrogen and oxygen atoms in total. The lowest BCUT2D eigenvalue weighted by Crippen LogP contribution is -2.12. The third kappa shape index (κ3) is 12.9. The first-order chi connectivity index (χ1) is 17.2. The molecule has 0 fully saturated rings. The summed E-state index contributed by atoms with van der Waals surface area (Å²) >= 11 is 0. The van der Waals surface area contributed by atoms with Crippen molar-refractivity contribution >= 4 is 5.78 Å². The third-order valence-corrected chi connectivity index (χ3v) is 6.77. The zero-order valence-electron chi connectivity index (χ0n) is 22.1. The first kappa shape index (κ1) is 29.1. The van der Waals surface area contributed by atoms with Gasteiger partial charge in [-0.05, 0) is 36.2 Å². The van der Waals surface area contributed by atoms with Gasteiger partial charge < -0.3 is 9.84 Å². The number of ether oxygens (including phenoxy) is 1. The second-order valence-electron chi connectivity index (χ2n) is 9.85. The minimum absolute atomic E-state index is 0.291. The van der Waals surface area contributed by atoms with Gasteiger partial charge in [0, 0.05) is 5.56 Å². The molecule has 3 heteroatoms. The lowest BCUT2D eigenvalue weighted by Gasteiger charge is -2.11. The van der Waals surface area contributed by atoms with Crippen molar-refractivity contribution in [2.24, 2.45) is 0 Å². The maximum absolute atomic E-state index is 12.5. The summed E-state index contributed by atoms with van der Waals surface area (Å²) in [6.45, 7) is 2.99. The van der Waals surface area contributed by atoms with Gasteiger partial charge in [-0.15, -0.1) is 0 Å². The van der Waals surface area contributed by atoms with E-state index in [-0.39, 0.29) is 5.78 Å². The largest absolute Gasteiger partial charge is 0.494 e. The maximum Gasteiger partial charge on any atom is 0.195 e. The lowest BCUT2D eigenvalue weighted by molar-refractivity contribution is 0.0747. The number of carbonyl (C=O) groups is 1. The summed E-state index contributed by atoms with van der Waals surface area (Å²) in [5.74, 6) is 0.484. The van der Waals surface area contributed by atoms with Gasteiger partial charge in [0.05, 0.1) is 6.61 Å². The van der Waals surface area contributed by atoms with Crippen LogP contribution in [-0.4, -0.2) is 17.5 Å². The van der Waals surface area contributed by atoms with Crippen LogP contribution in [0.15, 0.2) is 54.6 Å². The van der Waals surface area contributed by atoms with Crippen LogP contribution < -0.4 is 4.74 Å². The minimum atomic E-state index is -1.13. The molecule has 0 aromatic heterocycles. The summed E-state index contributed by atoms with van der Waals surface area (Å²) < 4.78 is 5.83. The summed E-state index contributed by atoms with van der Waals surface area (Å²) in [5, 5.41) is 10.3. The van der Waals surface area contributed by atoms with Crippen LogP contribution in [0, 0.1) is 0 Å². The minimum Gasteiger partial charge on any atom is -0.494 e. The highest BCUT2D eigenvalue weighted by molar-refractivity contribution is 5.99. The van der Waals surface area contributed by atoms with Crippen molar-refractivity contribution in [3.8, 4) is 5.75 Å². The second kappa shape index (κ2) is 19.1. The number of aliphatic hydroxyl groups excluding tert-OH is 1. The normalized spacial score (nSPS) is 11.9. The predicted octanol–water partition coefficient (Wildman–Crippen LogP) is 9.24. The fraction of sp³-hybridized carbons (Fsp3) is 0.594. The van der Waals surface area contributed by atoms with Gasteiger partial charge in [0.25, 0.3) is 0 Å². The summed E-state index contributed by atoms with van der Waals surface area (Å²) in [5.41, 5.74) is 1.11. The molecule has 0 aliphatic rings. The molecule has 0 bridgehead atoms. The Labute approximate surface area is 214 Å². The summed E-state index contributed by atoms with van der Waals surface area (Å²) in [6.07, 6.45) is 20.7. The van der Waals surface area contributed by atoms with E-state index in [0.29, 0.717) is 17.7 Å². The molecule has 2 rings (SSSR count). The molecular weight excluding hydrogens is 432 g/mol. The van der Waals surface area contributed by atoms with Crippen molar-refractivity contribution in [2.45, 2.75) is 116 Å². The SMILES string of the molecule is CCCCCCCCCCCCCCCCCCOc1ccc(C(=O)C(O)c2ccccc2)cc1. The van der Waals surface area contributed by atoms with Crippen LogP contribution >= 0.6 is 0 Å². The zero-order valence-corrected chi connectivity index (χ0v) is 22.1. The second-order valence-corrected chi connectivity index (χ2v) is 9.85. The quantitative estimate of drug-likeness (QED) is 0.143. The standard InChI is InChI=1S/C32H48O3/c1-2-3-4-5-6-7-8-9-10-11-12-13-14-15-16-20-27-35-30-25-23-29(24-26-30)32(34)31(33)28-21-18-17-19-22-28/h17-19,21-26,31,33H,2-16,20,27H2,1H3. The van der Waals surface area contributed by atoms with Crippen molar-refractivity contribution in [2.75, 3.05) is 6.61 Å². The molecular formula is C32H48O3. The molecule has 0 saturated carbocycles. The molecule has 1 N–H and O–H groups in total. The zero-order chi connectivity index (χ0) is 25.0. The van der Waals surface area contributed by atoms with E-state index in [0.717, 1.165) is 12.2 Å². The highest BCUT2D eigenvalue weighted by Gasteiger charge is 2.18. The summed E-state index contributed by atoms with van der Waals surface area (Å²) in [4.78, 5) is 12.5. The van der Waals surface area contributed by atoms with E-state index >= 15 is 0 Å². The number of Topliss-reactive ketones (excluding diaryl/α,β-unsaturated/α-hetero) is 1.